The number of ether oxygens (including phenoxy) is 2. The summed E-state index contributed by atoms with van der Waals surface area (Å²) in [6.07, 6.45) is 3.45. The minimum absolute atomic E-state index is 0.0139. The molecule has 0 aliphatic heterocycles. The normalized spacial score (nSPS) is 10.7. The molecule has 2 aromatic carbocycles. The maximum absolute atomic E-state index is 11.3. The van der Waals surface area contributed by atoms with Crippen molar-refractivity contribution >= 4 is 23.8 Å². The number of aromatic carboxylic acids is 1. The van der Waals surface area contributed by atoms with Crippen molar-refractivity contribution in [3.8, 4) is 5.75 Å². The molecular weight excluding hydrogens is 314 g/mol. The average Bonchev–Trinajstić information content (AvgIpc) is 2.58. The Morgan fingerprint density at radius 3 is 2.38 bits per heavy atom. The van der Waals surface area contributed by atoms with E-state index >= 15 is 0 Å². The number of rotatable bonds is 7. The topological polar surface area (TPSA) is 98.9 Å². The summed E-state index contributed by atoms with van der Waals surface area (Å²) < 4.78 is 9.98. The molecule has 7 nitrogen and oxygen atoms in total. The van der Waals surface area contributed by atoms with Crippen LogP contribution in [0.25, 0.3) is 12.2 Å². The first-order valence-corrected chi connectivity index (χ1v) is 6.93. The number of nitrogens with zero attached hydrogens (tertiary/aromatic N) is 1. The Hall–Kier alpha value is -3.19. The van der Waals surface area contributed by atoms with Crippen LogP contribution in [0.5, 0.6) is 5.75 Å². The molecule has 2 aromatic rings. The maximum Gasteiger partial charge on any atom is 0.339 e. The largest absolute Gasteiger partial charge is 0.478 e. The molecule has 24 heavy (non-hydrogen) atoms. The van der Waals surface area contributed by atoms with Crippen molar-refractivity contribution in [3.05, 3.63) is 69.3 Å². The van der Waals surface area contributed by atoms with Crippen molar-refractivity contribution in [2.75, 3.05) is 13.9 Å². The van der Waals surface area contributed by atoms with Gasteiger partial charge in [0, 0.05) is 19.2 Å². The summed E-state index contributed by atoms with van der Waals surface area (Å²) in [4.78, 5) is 21.4. The molecule has 0 aliphatic carbocycles. The first kappa shape index (κ1) is 17.2. The van der Waals surface area contributed by atoms with E-state index in [9.17, 15) is 20.0 Å². The van der Waals surface area contributed by atoms with E-state index in [0.717, 1.165) is 5.56 Å². The zero-order valence-electron chi connectivity index (χ0n) is 12.8. The van der Waals surface area contributed by atoms with E-state index in [4.69, 9.17) is 9.47 Å². The molecule has 0 amide bonds. The Balaban J connectivity index is 2.21. The fraction of sp³-hybridized carbons (Fsp3) is 0.118. The smallest absolute Gasteiger partial charge is 0.339 e. The predicted octanol–water partition coefficient (Wildman–Crippen LogP) is 3.45. The highest BCUT2D eigenvalue weighted by atomic mass is 16.7. The zero-order valence-corrected chi connectivity index (χ0v) is 12.8. The number of hydrogen-bond acceptors (Lipinski definition) is 5. The summed E-state index contributed by atoms with van der Waals surface area (Å²) in [6.45, 7) is -0.0434. The zero-order chi connectivity index (χ0) is 17.5. The number of hydrogen-bond donors (Lipinski definition) is 1. The van der Waals surface area contributed by atoms with E-state index in [1.54, 1.807) is 36.4 Å². The van der Waals surface area contributed by atoms with Gasteiger partial charge in [-0.25, -0.2) is 4.79 Å². The molecule has 0 fully saturated rings. The van der Waals surface area contributed by atoms with Crippen molar-refractivity contribution < 1.29 is 24.3 Å². The standard InChI is InChI=1S/C17H15NO6/c1-23-11-24-16-9-6-13(10-15(16)17(19)20)3-2-12-4-7-14(8-5-12)18(21)22/h2-10H,11H2,1H3,(H,19,20). The van der Waals surface area contributed by atoms with E-state index in [2.05, 4.69) is 0 Å². The molecule has 0 saturated heterocycles. The van der Waals surface area contributed by atoms with Gasteiger partial charge in [0.1, 0.15) is 11.3 Å². The van der Waals surface area contributed by atoms with E-state index in [0.29, 0.717) is 5.56 Å². The molecule has 0 heterocycles. The summed E-state index contributed by atoms with van der Waals surface area (Å²) >= 11 is 0. The van der Waals surface area contributed by atoms with Crippen molar-refractivity contribution in [2.45, 2.75) is 0 Å². The van der Waals surface area contributed by atoms with Gasteiger partial charge in [0.2, 0.25) is 0 Å². The number of carboxylic acids is 1. The van der Waals surface area contributed by atoms with Crippen LogP contribution < -0.4 is 4.74 Å². The highest BCUT2D eigenvalue weighted by Crippen LogP contribution is 2.22. The van der Waals surface area contributed by atoms with Gasteiger partial charge in [-0.15, -0.1) is 0 Å². The summed E-state index contributed by atoms with van der Waals surface area (Å²) in [5.41, 5.74) is 1.46. The lowest BCUT2D eigenvalue weighted by atomic mass is 10.1. The number of carbonyl (C=O) groups is 1. The molecule has 0 aromatic heterocycles. The van der Waals surface area contributed by atoms with Gasteiger partial charge in [-0.2, -0.15) is 0 Å². The van der Waals surface area contributed by atoms with Crippen LogP contribution in [0.3, 0.4) is 0 Å². The van der Waals surface area contributed by atoms with Crippen molar-refractivity contribution in [1.29, 1.82) is 0 Å². The monoisotopic (exact) mass is 329 g/mol. The SMILES string of the molecule is COCOc1ccc(C=Cc2ccc([N+](=O)[O-])cc2)cc1C(=O)O. The third-order valence-corrected chi connectivity index (χ3v) is 3.14. The second kappa shape index (κ2) is 7.89. The third kappa shape index (κ3) is 4.40. The molecule has 0 atom stereocenters. The van der Waals surface area contributed by atoms with Gasteiger partial charge < -0.3 is 14.6 Å². The Bertz CT molecular complexity index is 767. The van der Waals surface area contributed by atoms with Crippen LogP contribution in [0.4, 0.5) is 5.69 Å². The minimum atomic E-state index is -1.10. The summed E-state index contributed by atoms with van der Waals surface area (Å²) in [5, 5.41) is 19.9. The highest BCUT2D eigenvalue weighted by Gasteiger charge is 2.11. The van der Waals surface area contributed by atoms with Crippen LogP contribution in [0.15, 0.2) is 42.5 Å². The van der Waals surface area contributed by atoms with Gasteiger partial charge in [0.05, 0.1) is 4.92 Å². The van der Waals surface area contributed by atoms with Crippen LogP contribution in [-0.2, 0) is 4.74 Å². The molecular formula is C17H15NO6. The second-order valence-corrected chi connectivity index (χ2v) is 4.79. The van der Waals surface area contributed by atoms with E-state index < -0.39 is 10.9 Å². The highest BCUT2D eigenvalue weighted by molar-refractivity contribution is 5.92. The van der Waals surface area contributed by atoms with E-state index in [1.807, 2.05) is 0 Å². The fourth-order valence-corrected chi connectivity index (χ4v) is 1.97. The third-order valence-electron chi connectivity index (χ3n) is 3.14. The van der Waals surface area contributed by atoms with Crippen LogP contribution in [0.1, 0.15) is 21.5 Å². The number of nitro groups is 1. The Kier molecular flexibility index (Phi) is 5.64. The lowest BCUT2D eigenvalue weighted by Crippen LogP contribution is -2.05. The second-order valence-electron chi connectivity index (χ2n) is 4.79. The minimum Gasteiger partial charge on any atom is -0.478 e. The predicted molar refractivity (Wildman–Crippen MR) is 87.9 cm³/mol. The number of methoxy groups -OCH3 is 1. The summed E-state index contributed by atoms with van der Waals surface area (Å²) in [7, 11) is 1.45. The average molecular weight is 329 g/mol. The summed E-state index contributed by atoms with van der Waals surface area (Å²) in [5.74, 6) is -0.886. The molecule has 0 aliphatic rings. The molecule has 124 valence electrons. The van der Waals surface area contributed by atoms with Crippen LogP contribution in [0, 0.1) is 10.1 Å². The van der Waals surface area contributed by atoms with E-state index in [-0.39, 0.29) is 23.8 Å². The number of nitro benzene ring substituents is 1. The van der Waals surface area contributed by atoms with Gasteiger partial charge in [-0.1, -0.05) is 18.2 Å². The first-order chi connectivity index (χ1) is 11.5. The first-order valence-electron chi connectivity index (χ1n) is 6.93. The molecule has 7 heteroatoms. The van der Waals surface area contributed by atoms with Crippen LogP contribution in [-0.4, -0.2) is 29.9 Å². The molecule has 2 rings (SSSR count). The molecule has 1 N–H and O–H groups in total. The number of non-ortho nitro benzene ring substituents is 1. The van der Waals surface area contributed by atoms with Crippen molar-refractivity contribution in [2.24, 2.45) is 0 Å². The van der Waals surface area contributed by atoms with Crippen molar-refractivity contribution in [1.82, 2.24) is 0 Å². The van der Waals surface area contributed by atoms with Gasteiger partial charge in [0.25, 0.3) is 5.69 Å². The lowest BCUT2D eigenvalue weighted by Gasteiger charge is -2.08. The van der Waals surface area contributed by atoms with Gasteiger partial charge in [-0.05, 0) is 35.4 Å². The molecule has 0 radical (unpaired) electrons. The fourth-order valence-electron chi connectivity index (χ4n) is 1.97. The van der Waals surface area contributed by atoms with Gasteiger partial charge >= 0.3 is 5.97 Å². The Morgan fingerprint density at radius 1 is 1.17 bits per heavy atom. The number of benzene rings is 2. The molecule has 0 saturated carbocycles. The van der Waals surface area contributed by atoms with E-state index in [1.165, 1.54) is 25.3 Å². The quantitative estimate of drug-likeness (QED) is 0.361. The number of carboxylic acid groups (broad SMARTS) is 1. The van der Waals surface area contributed by atoms with Crippen molar-refractivity contribution in [3.63, 3.8) is 0 Å². The Morgan fingerprint density at radius 2 is 1.79 bits per heavy atom. The van der Waals surface area contributed by atoms with Crippen LogP contribution >= 0.6 is 0 Å². The van der Waals surface area contributed by atoms with Gasteiger partial charge in [-0.3, -0.25) is 10.1 Å². The molecule has 0 bridgehead atoms. The summed E-state index contributed by atoms with van der Waals surface area (Å²) in [6, 6.07) is 10.8. The Labute approximate surface area is 137 Å². The lowest BCUT2D eigenvalue weighted by molar-refractivity contribution is -0.384. The maximum atomic E-state index is 11.3. The van der Waals surface area contributed by atoms with Gasteiger partial charge in [0.15, 0.2) is 6.79 Å². The molecule has 0 spiro atoms. The van der Waals surface area contributed by atoms with Crippen LogP contribution in [0.2, 0.25) is 0 Å². The molecule has 0 unspecified atom stereocenters.